The molecule has 2 atom stereocenters. The van der Waals surface area contributed by atoms with E-state index in [0.29, 0.717) is 12.2 Å². The zero-order valence-corrected chi connectivity index (χ0v) is 10.8. The smallest absolute Gasteiger partial charge is 0.321 e. The van der Waals surface area contributed by atoms with Crippen LogP contribution in [0.5, 0.6) is 0 Å². The number of carboxylic acids is 2. The number of carbonyl (C=O) groups is 2. The largest absolute Gasteiger partial charge is 0.480 e. The molecule has 1 aromatic rings. The van der Waals surface area contributed by atoms with Crippen LogP contribution in [0.3, 0.4) is 0 Å². The molecule has 4 N–H and O–H groups in total. The van der Waals surface area contributed by atoms with Gasteiger partial charge >= 0.3 is 11.9 Å². The van der Waals surface area contributed by atoms with Gasteiger partial charge in [-0.05, 0) is 12.3 Å². The van der Waals surface area contributed by atoms with Gasteiger partial charge in [0.25, 0.3) is 0 Å². The lowest BCUT2D eigenvalue weighted by Crippen LogP contribution is -2.48. The summed E-state index contributed by atoms with van der Waals surface area (Å²) in [6.07, 6.45) is 1.73. The Labute approximate surface area is 110 Å². The average Bonchev–Trinajstić information content (AvgIpc) is 2.78. The third-order valence-corrected chi connectivity index (χ3v) is 2.56. The minimum absolute atomic E-state index is 0.0285. The fraction of sp³-hybridized carbons (Fsp3) is 0.636. The third kappa shape index (κ3) is 5.04. The molecule has 19 heavy (non-hydrogen) atoms. The van der Waals surface area contributed by atoms with Crippen LogP contribution in [0.25, 0.3) is 0 Å². The van der Waals surface area contributed by atoms with E-state index in [2.05, 4.69) is 20.5 Å². The van der Waals surface area contributed by atoms with E-state index in [4.69, 9.17) is 10.2 Å². The van der Waals surface area contributed by atoms with Crippen LogP contribution >= 0.6 is 0 Å². The zero-order valence-electron chi connectivity index (χ0n) is 10.8. The van der Waals surface area contributed by atoms with Gasteiger partial charge in [0, 0.05) is 6.42 Å². The molecular weight excluding hydrogens is 252 g/mol. The Morgan fingerprint density at radius 3 is 2.37 bits per heavy atom. The Morgan fingerprint density at radius 1 is 1.32 bits per heavy atom. The van der Waals surface area contributed by atoms with Crippen molar-refractivity contribution in [2.24, 2.45) is 5.92 Å². The van der Waals surface area contributed by atoms with Crippen LogP contribution in [0.15, 0.2) is 6.33 Å². The zero-order chi connectivity index (χ0) is 14.4. The molecule has 0 aliphatic carbocycles. The first kappa shape index (κ1) is 15.1. The maximum absolute atomic E-state index is 11.1. The molecule has 106 valence electrons. The topological polar surface area (TPSA) is 128 Å². The van der Waals surface area contributed by atoms with Crippen LogP contribution in [0, 0.1) is 5.92 Å². The van der Waals surface area contributed by atoms with Crippen LogP contribution in [-0.4, -0.2) is 49.4 Å². The van der Waals surface area contributed by atoms with Gasteiger partial charge in [-0.15, -0.1) is 0 Å². The Balaban J connectivity index is 2.70. The molecule has 1 aromatic heterocycles. The number of aliphatic carboxylic acids is 2. The van der Waals surface area contributed by atoms with Crippen molar-refractivity contribution >= 4 is 11.9 Å². The van der Waals surface area contributed by atoms with Gasteiger partial charge in [0.2, 0.25) is 0 Å². The SMILES string of the molecule is CC(C)CC(N[C@@H](Cc1nc[nH]n1)C(=O)O)C(=O)O. The molecule has 1 unspecified atom stereocenters. The first-order chi connectivity index (χ1) is 8.90. The molecule has 1 rings (SSSR count). The Morgan fingerprint density at radius 2 is 1.95 bits per heavy atom. The lowest BCUT2D eigenvalue weighted by molar-refractivity contribution is -0.142. The number of carboxylic acid groups (broad SMARTS) is 2. The summed E-state index contributed by atoms with van der Waals surface area (Å²) in [5, 5.41) is 27.1. The van der Waals surface area contributed by atoms with E-state index in [1.54, 1.807) is 0 Å². The van der Waals surface area contributed by atoms with Gasteiger partial charge in [0.15, 0.2) is 5.82 Å². The van der Waals surface area contributed by atoms with Gasteiger partial charge in [-0.25, -0.2) is 4.98 Å². The number of hydrogen-bond acceptors (Lipinski definition) is 5. The first-order valence-electron chi connectivity index (χ1n) is 5.96. The molecule has 0 aliphatic rings. The van der Waals surface area contributed by atoms with Crippen LogP contribution in [0.4, 0.5) is 0 Å². The molecule has 0 bridgehead atoms. The standard InChI is InChI=1S/C11H18N4O4/c1-6(2)3-7(10(16)17)14-8(11(18)19)4-9-12-5-13-15-9/h5-8,14H,3-4H2,1-2H3,(H,16,17)(H,18,19)(H,12,13,15)/t7?,8-/m0/s1. The van der Waals surface area contributed by atoms with Crippen molar-refractivity contribution in [1.82, 2.24) is 20.5 Å². The van der Waals surface area contributed by atoms with Crippen molar-refractivity contribution in [3.8, 4) is 0 Å². The Kier molecular flexibility index (Phi) is 5.43. The Bertz CT molecular complexity index is 418. The molecule has 0 aromatic carbocycles. The molecule has 0 aliphatic heterocycles. The summed E-state index contributed by atoms with van der Waals surface area (Å²) in [6, 6.07) is -1.93. The van der Waals surface area contributed by atoms with Crippen molar-refractivity contribution in [3.05, 3.63) is 12.2 Å². The highest BCUT2D eigenvalue weighted by atomic mass is 16.4. The van der Waals surface area contributed by atoms with Crippen molar-refractivity contribution in [2.45, 2.75) is 38.8 Å². The monoisotopic (exact) mass is 270 g/mol. The van der Waals surface area contributed by atoms with Gasteiger partial charge < -0.3 is 10.2 Å². The van der Waals surface area contributed by atoms with E-state index in [9.17, 15) is 9.59 Å². The van der Waals surface area contributed by atoms with Crippen LogP contribution in [0.1, 0.15) is 26.1 Å². The van der Waals surface area contributed by atoms with E-state index in [0.717, 1.165) is 0 Å². The van der Waals surface area contributed by atoms with E-state index in [1.807, 2.05) is 13.8 Å². The summed E-state index contributed by atoms with van der Waals surface area (Å²) < 4.78 is 0. The lowest BCUT2D eigenvalue weighted by Gasteiger charge is -2.20. The number of nitrogens with zero attached hydrogens (tertiary/aromatic N) is 2. The van der Waals surface area contributed by atoms with Crippen LogP contribution in [-0.2, 0) is 16.0 Å². The van der Waals surface area contributed by atoms with Gasteiger partial charge in [-0.3, -0.25) is 20.0 Å². The third-order valence-electron chi connectivity index (χ3n) is 2.56. The van der Waals surface area contributed by atoms with Crippen LogP contribution < -0.4 is 5.32 Å². The van der Waals surface area contributed by atoms with Crippen molar-refractivity contribution in [1.29, 1.82) is 0 Å². The van der Waals surface area contributed by atoms with Crippen molar-refractivity contribution < 1.29 is 19.8 Å². The highest BCUT2D eigenvalue weighted by Crippen LogP contribution is 2.07. The van der Waals surface area contributed by atoms with E-state index in [-0.39, 0.29) is 12.3 Å². The molecule has 1 heterocycles. The summed E-state index contributed by atoms with van der Waals surface area (Å²) in [5.74, 6) is -1.71. The molecule has 0 radical (unpaired) electrons. The second kappa shape index (κ2) is 6.83. The maximum Gasteiger partial charge on any atom is 0.321 e. The van der Waals surface area contributed by atoms with Crippen LogP contribution in [0.2, 0.25) is 0 Å². The number of aromatic amines is 1. The number of rotatable bonds is 8. The molecule has 0 fully saturated rings. The quantitative estimate of drug-likeness (QED) is 0.518. The highest BCUT2D eigenvalue weighted by Gasteiger charge is 2.27. The molecule has 8 heteroatoms. The van der Waals surface area contributed by atoms with E-state index < -0.39 is 24.0 Å². The minimum atomic E-state index is -1.13. The van der Waals surface area contributed by atoms with Crippen molar-refractivity contribution in [2.75, 3.05) is 0 Å². The lowest BCUT2D eigenvalue weighted by atomic mass is 10.0. The normalized spacial score (nSPS) is 14.3. The van der Waals surface area contributed by atoms with Gasteiger partial charge in [0.05, 0.1) is 0 Å². The molecule has 0 amide bonds. The summed E-state index contributed by atoms with van der Waals surface area (Å²) in [6.45, 7) is 3.76. The molecule has 0 saturated carbocycles. The van der Waals surface area contributed by atoms with E-state index >= 15 is 0 Å². The fourth-order valence-electron chi connectivity index (χ4n) is 1.69. The fourth-order valence-corrected chi connectivity index (χ4v) is 1.69. The van der Waals surface area contributed by atoms with Gasteiger partial charge in [-0.2, -0.15) is 5.10 Å². The number of nitrogens with one attached hydrogen (secondary N) is 2. The molecular formula is C11H18N4O4. The number of hydrogen-bond donors (Lipinski definition) is 4. The predicted molar refractivity (Wildman–Crippen MR) is 65.5 cm³/mol. The molecule has 8 nitrogen and oxygen atoms in total. The first-order valence-corrected chi connectivity index (χ1v) is 5.96. The second-order valence-electron chi connectivity index (χ2n) is 4.70. The summed E-state index contributed by atoms with van der Waals surface area (Å²) >= 11 is 0. The van der Waals surface area contributed by atoms with Crippen molar-refractivity contribution in [3.63, 3.8) is 0 Å². The predicted octanol–water partition coefficient (Wildman–Crippen LogP) is -0.111. The summed E-state index contributed by atoms with van der Waals surface area (Å²) in [5.41, 5.74) is 0. The second-order valence-corrected chi connectivity index (χ2v) is 4.70. The molecule has 0 spiro atoms. The minimum Gasteiger partial charge on any atom is -0.480 e. The average molecular weight is 270 g/mol. The number of H-pyrrole nitrogens is 1. The summed E-state index contributed by atoms with van der Waals surface area (Å²) in [4.78, 5) is 26.1. The number of aromatic nitrogens is 3. The van der Waals surface area contributed by atoms with Gasteiger partial charge in [0.1, 0.15) is 18.4 Å². The Hall–Kier alpha value is -1.96. The maximum atomic E-state index is 11.1. The van der Waals surface area contributed by atoms with Gasteiger partial charge in [-0.1, -0.05) is 13.8 Å². The molecule has 0 saturated heterocycles. The summed E-state index contributed by atoms with van der Waals surface area (Å²) in [7, 11) is 0. The highest BCUT2D eigenvalue weighted by molar-refractivity contribution is 5.77. The van der Waals surface area contributed by atoms with E-state index in [1.165, 1.54) is 6.33 Å².